The molecule has 0 unspecified atom stereocenters. The molecule has 268 valence electrons. The van der Waals surface area contributed by atoms with Crippen LogP contribution in [0.25, 0.3) is 11.3 Å². The molecule has 1 spiro atoms. The number of halogens is 1. The van der Waals surface area contributed by atoms with Gasteiger partial charge in [0.15, 0.2) is 0 Å². The molecule has 2 aliphatic rings. The fourth-order valence-corrected chi connectivity index (χ4v) is 6.72. The van der Waals surface area contributed by atoms with Crippen LogP contribution < -0.4 is 10.6 Å². The molecule has 3 aromatic carbocycles. The predicted molar refractivity (Wildman–Crippen MR) is 197 cm³/mol. The van der Waals surface area contributed by atoms with Crippen LogP contribution in [0.4, 0.5) is 5.69 Å². The number of nitrogens with zero attached hydrogens (tertiary/aromatic N) is 4. The van der Waals surface area contributed by atoms with E-state index in [1.54, 1.807) is 96.9 Å². The number of phenolic OH excluding ortho intramolecular Hbond substituents is 1. The van der Waals surface area contributed by atoms with E-state index in [0.29, 0.717) is 70.3 Å². The van der Waals surface area contributed by atoms with Gasteiger partial charge in [-0.05, 0) is 60.2 Å². The minimum Gasteiger partial charge on any atom is -0.507 e. The standard InChI is InChI=1S/C40H35ClN6O6/c1-46-24-29(35(45-46)32-22-30(41)13-16-34(32)48)12-9-26-10-14-31(15-11-26)43-38(50)33-25-53-40(17-20-52-21-18-40)47(33)39(51)36(27-6-3-2-4-7-27)44-37(49)28-8-5-19-42-23-28/h2-8,10-11,13-16,19,22-24,33,36,48H,17-18,20-21,25H2,1H3,(H,43,50)(H,44,49)/t33-,36+/m0/s1. The number of hydrogen-bond donors (Lipinski definition) is 3. The molecule has 5 aromatic rings. The zero-order valence-electron chi connectivity index (χ0n) is 28.7. The van der Waals surface area contributed by atoms with Gasteiger partial charge in [-0.2, -0.15) is 5.10 Å². The van der Waals surface area contributed by atoms with Crippen LogP contribution in [0.2, 0.25) is 5.02 Å². The summed E-state index contributed by atoms with van der Waals surface area (Å²) in [5.41, 5.74) is 2.50. The number of carbonyl (C=O) groups is 3. The molecule has 12 nitrogen and oxygen atoms in total. The molecule has 2 fully saturated rings. The lowest BCUT2D eigenvalue weighted by molar-refractivity contribution is -0.172. The van der Waals surface area contributed by atoms with Gasteiger partial charge in [-0.15, -0.1) is 0 Å². The molecular weight excluding hydrogens is 696 g/mol. The van der Waals surface area contributed by atoms with E-state index in [2.05, 4.69) is 32.6 Å². The smallest absolute Gasteiger partial charge is 0.253 e. The molecule has 2 aliphatic heterocycles. The summed E-state index contributed by atoms with van der Waals surface area (Å²) in [6.07, 6.45) is 5.47. The average molecular weight is 731 g/mol. The Morgan fingerprint density at radius 1 is 1.00 bits per heavy atom. The van der Waals surface area contributed by atoms with Crippen molar-refractivity contribution in [3.05, 3.63) is 131 Å². The third-order valence-electron chi connectivity index (χ3n) is 9.19. The van der Waals surface area contributed by atoms with Crippen molar-refractivity contribution in [2.75, 3.05) is 25.1 Å². The van der Waals surface area contributed by atoms with Crippen molar-refractivity contribution in [2.24, 2.45) is 7.05 Å². The highest BCUT2D eigenvalue weighted by Gasteiger charge is 2.54. The molecule has 13 heteroatoms. The van der Waals surface area contributed by atoms with Gasteiger partial charge in [0.25, 0.3) is 11.8 Å². The SMILES string of the molecule is Cn1cc(C#Cc2ccc(NC(=O)[C@@H]3COC4(CCOCC4)N3C(=O)[C@H](NC(=O)c3cccnc3)c3ccccc3)cc2)c(-c2cc(Cl)ccc2O)n1. The molecule has 2 atom stereocenters. The minimum atomic E-state index is -1.11. The number of anilines is 1. The van der Waals surface area contributed by atoms with Crippen molar-refractivity contribution >= 4 is 35.0 Å². The summed E-state index contributed by atoms with van der Waals surface area (Å²) in [6.45, 7) is 0.660. The number of amides is 3. The lowest BCUT2D eigenvalue weighted by atomic mass is 9.97. The van der Waals surface area contributed by atoms with Crippen LogP contribution >= 0.6 is 11.6 Å². The van der Waals surface area contributed by atoms with E-state index in [9.17, 15) is 19.5 Å². The number of ether oxygens (including phenoxy) is 2. The molecular formula is C40H35ClN6O6. The van der Waals surface area contributed by atoms with Crippen molar-refractivity contribution in [1.29, 1.82) is 0 Å². The first-order valence-electron chi connectivity index (χ1n) is 17.0. The van der Waals surface area contributed by atoms with Gasteiger partial charge >= 0.3 is 0 Å². The third-order valence-corrected chi connectivity index (χ3v) is 9.43. The number of pyridine rings is 1. The van der Waals surface area contributed by atoms with Gasteiger partial charge in [0.1, 0.15) is 29.3 Å². The van der Waals surface area contributed by atoms with Crippen molar-refractivity contribution in [3.8, 4) is 28.8 Å². The summed E-state index contributed by atoms with van der Waals surface area (Å²) in [4.78, 5) is 47.6. The summed E-state index contributed by atoms with van der Waals surface area (Å²) < 4.78 is 13.5. The molecule has 2 aromatic heterocycles. The number of nitrogens with one attached hydrogen (secondary N) is 2. The van der Waals surface area contributed by atoms with Gasteiger partial charge in [0.05, 0.1) is 30.9 Å². The molecule has 0 saturated carbocycles. The third kappa shape index (κ3) is 7.64. The Morgan fingerprint density at radius 2 is 1.77 bits per heavy atom. The number of phenols is 1. The fraction of sp³-hybridized carbons (Fsp3) is 0.225. The highest BCUT2D eigenvalue weighted by Crippen LogP contribution is 2.39. The van der Waals surface area contributed by atoms with E-state index >= 15 is 0 Å². The van der Waals surface area contributed by atoms with Crippen LogP contribution in [0.3, 0.4) is 0 Å². The molecule has 0 bridgehead atoms. The zero-order valence-corrected chi connectivity index (χ0v) is 29.4. The van der Waals surface area contributed by atoms with E-state index in [4.69, 9.17) is 21.1 Å². The second-order valence-electron chi connectivity index (χ2n) is 12.7. The highest BCUT2D eigenvalue weighted by atomic mass is 35.5. The Labute approximate surface area is 310 Å². The van der Waals surface area contributed by atoms with Gasteiger partial charge in [0.2, 0.25) is 5.91 Å². The number of rotatable bonds is 7. The Bertz CT molecular complexity index is 2190. The lowest BCUT2D eigenvalue weighted by Crippen LogP contribution is -2.59. The molecule has 7 rings (SSSR count). The number of benzene rings is 3. The Morgan fingerprint density at radius 3 is 2.51 bits per heavy atom. The zero-order chi connectivity index (χ0) is 37.0. The minimum absolute atomic E-state index is 0.0329. The average Bonchev–Trinajstić information content (AvgIpc) is 3.74. The second-order valence-corrected chi connectivity index (χ2v) is 13.1. The molecule has 0 aliphatic carbocycles. The van der Waals surface area contributed by atoms with E-state index in [-0.39, 0.29) is 12.4 Å². The number of carbonyl (C=O) groups excluding carboxylic acids is 3. The van der Waals surface area contributed by atoms with E-state index < -0.39 is 35.5 Å². The largest absolute Gasteiger partial charge is 0.507 e. The van der Waals surface area contributed by atoms with Crippen molar-refractivity contribution in [2.45, 2.75) is 30.7 Å². The molecule has 0 radical (unpaired) electrons. The molecule has 2 saturated heterocycles. The van der Waals surface area contributed by atoms with Gasteiger partial charge in [-0.25, -0.2) is 0 Å². The van der Waals surface area contributed by atoms with Crippen LogP contribution in [0.1, 0.15) is 45.9 Å². The van der Waals surface area contributed by atoms with E-state index in [0.717, 1.165) is 0 Å². The summed E-state index contributed by atoms with van der Waals surface area (Å²) in [7, 11) is 1.77. The summed E-state index contributed by atoms with van der Waals surface area (Å²) >= 11 is 6.17. The number of aryl methyl sites for hydroxylation is 1. The normalized spacial score (nSPS) is 16.7. The van der Waals surface area contributed by atoms with Crippen LogP contribution in [-0.2, 0) is 26.1 Å². The predicted octanol–water partition coefficient (Wildman–Crippen LogP) is 5.08. The molecule has 53 heavy (non-hydrogen) atoms. The summed E-state index contributed by atoms with van der Waals surface area (Å²) in [5.74, 6) is 4.89. The summed E-state index contributed by atoms with van der Waals surface area (Å²) in [6, 6.07) is 21.8. The maximum Gasteiger partial charge on any atom is 0.253 e. The number of hydrogen-bond acceptors (Lipinski definition) is 8. The van der Waals surface area contributed by atoms with Crippen LogP contribution in [-0.4, -0.2) is 74.1 Å². The summed E-state index contributed by atoms with van der Waals surface area (Å²) in [5, 5.41) is 21.2. The van der Waals surface area contributed by atoms with Gasteiger partial charge in [-0.3, -0.25) is 28.9 Å². The van der Waals surface area contributed by atoms with E-state index in [1.165, 1.54) is 17.2 Å². The van der Waals surface area contributed by atoms with Gasteiger partial charge in [0, 0.05) is 60.3 Å². The quantitative estimate of drug-likeness (QED) is 0.197. The maximum absolute atomic E-state index is 14.7. The molecule has 4 heterocycles. The van der Waals surface area contributed by atoms with E-state index in [1.807, 2.05) is 6.07 Å². The fourth-order valence-electron chi connectivity index (χ4n) is 6.55. The first kappa shape index (κ1) is 35.4. The Kier molecular flexibility index (Phi) is 10.2. The maximum atomic E-state index is 14.7. The first-order chi connectivity index (χ1) is 25.7. The lowest BCUT2D eigenvalue weighted by Gasteiger charge is -2.42. The molecule has 3 N–H and O–H groups in total. The van der Waals surface area contributed by atoms with Crippen LogP contribution in [0.5, 0.6) is 5.75 Å². The Hall–Kier alpha value is -6.00. The van der Waals surface area contributed by atoms with Gasteiger partial charge in [-0.1, -0.05) is 53.8 Å². The van der Waals surface area contributed by atoms with Gasteiger partial charge < -0.3 is 25.2 Å². The van der Waals surface area contributed by atoms with Crippen molar-refractivity contribution < 1.29 is 29.0 Å². The van der Waals surface area contributed by atoms with Crippen molar-refractivity contribution in [3.63, 3.8) is 0 Å². The van der Waals surface area contributed by atoms with Crippen LogP contribution in [0, 0.1) is 11.8 Å². The highest BCUT2D eigenvalue weighted by molar-refractivity contribution is 6.31. The number of aromatic nitrogens is 3. The number of aromatic hydroxyl groups is 1. The molecule has 3 amide bonds. The van der Waals surface area contributed by atoms with Crippen molar-refractivity contribution in [1.82, 2.24) is 25.0 Å². The van der Waals surface area contributed by atoms with Crippen LogP contribution in [0.15, 0.2) is 104 Å². The first-order valence-corrected chi connectivity index (χ1v) is 17.3. The topological polar surface area (TPSA) is 148 Å². The Balaban J connectivity index is 1.12. The monoisotopic (exact) mass is 730 g/mol. The second kappa shape index (κ2) is 15.3.